The molecule has 0 N–H and O–H groups in total. The minimum absolute atomic E-state index is 0.759. The van der Waals surface area contributed by atoms with Crippen LogP contribution in [0.1, 0.15) is 0 Å². The first-order valence-electron chi connectivity index (χ1n) is 4.11. The highest BCUT2D eigenvalue weighted by atomic mass is 16.5. The lowest BCUT2D eigenvalue weighted by molar-refractivity contribution is 0.0518. The lowest BCUT2D eigenvalue weighted by Gasteiger charge is -2.41. The topological polar surface area (TPSA) is 15.7 Å². The third-order valence-corrected chi connectivity index (χ3v) is 2.32. The van der Waals surface area contributed by atoms with Crippen molar-refractivity contribution >= 4 is 0 Å². The van der Waals surface area contributed by atoms with Gasteiger partial charge in [0, 0.05) is 32.8 Å². The van der Waals surface area contributed by atoms with Crippen LogP contribution in [-0.4, -0.2) is 63.3 Å². The van der Waals surface area contributed by atoms with Gasteiger partial charge in [-0.25, -0.2) is 0 Å². The fraction of sp³-hybridized carbons (Fsp3) is 1.00. The van der Waals surface area contributed by atoms with Crippen LogP contribution < -0.4 is 0 Å². The van der Waals surface area contributed by atoms with Crippen LogP contribution >= 0.6 is 0 Å². The average molecular weight is 158 g/mol. The molecule has 1 fully saturated rings. The lowest BCUT2D eigenvalue weighted by atomic mass is 10.1. The molecular weight excluding hydrogens is 140 g/mol. The summed E-state index contributed by atoms with van der Waals surface area (Å²) in [5, 5.41) is 0. The fourth-order valence-corrected chi connectivity index (χ4v) is 1.36. The van der Waals surface area contributed by atoms with E-state index in [-0.39, 0.29) is 0 Å². The van der Waals surface area contributed by atoms with E-state index < -0.39 is 0 Å². The van der Waals surface area contributed by atoms with Crippen LogP contribution in [0.2, 0.25) is 0 Å². The second kappa shape index (κ2) is 4.04. The first-order chi connectivity index (χ1) is 5.24. The third-order valence-electron chi connectivity index (χ3n) is 2.32. The van der Waals surface area contributed by atoms with E-state index in [1.165, 1.54) is 13.1 Å². The predicted molar refractivity (Wildman–Crippen MR) is 45.8 cm³/mol. The summed E-state index contributed by atoms with van der Waals surface area (Å²) < 4.78 is 5.00. The molecule has 0 aromatic heterocycles. The van der Waals surface area contributed by atoms with E-state index in [1.54, 1.807) is 7.11 Å². The largest absolute Gasteiger partial charge is 0.383 e. The van der Waals surface area contributed by atoms with Gasteiger partial charge in [0.25, 0.3) is 0 Å². The van der Waals surface area contributed by atoms with Crippen LogP contribution in [0.25, 0.3) is 0 Å². The minimum atomic E-state index is 0.759. The van der Waals surface area contributed by atoms with E-state index in [9.17, 15) is 0 Å². The smallest absolute Gasteiger partial charge is 0.0589 e. The van der Waals surface area contributed by atoms with Gasteiger partial charge in [-0.2, -0.15) is 0 Å². The summed E-state index contributed by atoms with van der Waals surface area (Å²) in [6.07, 6.45) is 0. The van der Waals surface area contributed by atoms with E-state index in [2.05, 4.69) is 23.9 Å². The Morgan fingerprint density at radius 3 is 2.64 bits per heavy atom. The fourth-order valence-electron chi connectivity index (χ4n) is 1.36. The third kappa shape index (κ3) is 2.43. The maximum Gasteiger partial charge on any atom is 0.0589 e. The standard InChI is InChI=1S/C8H18N2O/c1-9-6-8(7-9)10(2)4-5-11-3/h8H,4-7H2,1-3H3. The van der Waals surface area contributed by atoms with Gasteiger partial charge in [0.05, 0.1) is 6.61 Å². The highest BCUT2D eigenvalue weighted by molar-refractivity contribution is 4.84. The SMILES string of the molecule is COCCN(C)C1CN(C)C1. The zero-order valence-electron chi connectivity index (χ0n) is 7.71. The van der Waals surface area contributed by atoms with Crippen molar-refractivity contribution < 1.29 is 4.74 Å². The Kier molecular flexibility index (Phi) is 3.30. The van der Waals surface area contributed by atoms with Crippen molar-refractivity contribution in [1.82, 2.24) is 9.80 Å². The van der Waals surface area contributed by atoms with Gasteiger partial charge in [-0.1, -0.05) is 0 Å². The van der Waals surface area contributed by atoms with Gasteiger partial charge in [-0.3, -0.25) is 4.90 Å². The number of hydrogen-bond donors (Lipinski definition) is 0. The van der Waals surface area contributed by atoms with E-state index in [0.29, 0.717) is 0 Å². The molecule has 3 heteroatoms. The molecule has 1 saturated heterocycles. The lowest BCUT2D eigenvalue weighted by Crippen LogP contribution is -2.57. The molecule has 0 spiro atoms. The Morgan fingerprint density at radius 1 is 1.55 bits per heavy atom. The average Bonchev–Trinajstić information content (AvgIpc) is 1.94. The molecule has 1 heterocycles. The molecule has 3 nitrogen and oxygen atoms in total. The van der Waals surface area contributed by atoms with Gasteiger partial charge >= 0.3 is 0 Å². The molecular formula is C8H18N2O. The number of hydrogen-bond acceptors (Lipinski definition) is 3. The Balaban J connectivity index is 2.06. The second-order valence-corrected chi connectivity index (χ2v) is 3.35. The van der Waals surface area contributed by atoms with E-state index in [4.69, 9.17) is 4.74 Å². The second-order valence-electron chi connectivity index (χ2n) is 3.35. The summed E-state index contributed by atoms with van der Waals surface area (Å²) >= 11 is 0. The van der Waals surface area contributed by atoms with Gasteiger partial charge < -0.3 is 9.64 Å². The van der Waals surface area contributed by atoms with Crippen LogP contribution in [0.3, 0.4) is 0 Å². The maximum absolute atomic E-state index is 5.00. The van der Waals surface area contributed by atoms with Crippen LogP contribution in [0.4, 0.5) is 0 Å². The summed E-state index contributed by atoms with van der Waals surface area (Å²) in [6, 6.07) is 0.759. The molecule has 66 valence electrons. The van der Waals surface area contributed by atoms with E-state index in [1.807, 2.05) is 0 Å². The van der Waals surface area contributed by atoms with Crippen LogP contribution in [0.5, 0.6) is 0 Å². The van der Waals surface area contributed by atoms with Crippen molar-refractivity contribution in [3.05, 3.63) is 0 Å². The van der Waals surface area contributed by atoms with Crippen LogP contribution in [0.15, 0.2) is 0 Å². The van der Waals surface area contributed by atoms with Gasteiger partial charge in [0.2, 0.25) is 0 Å². The molecule has 0 atom stereocenters. The van der Waals surface area contributed by atoms with Gasteiger partial charge in [-0.15, -0.1) is 0 Å². The molecule has 0 aromatic rings. The van der Waals surface area contributed by atoms with E-state index in [0.717, 1.165) is 19.2 Å². The molecule has 1 aliphatic rings. The number of rotatable bonds is 4. The summed E-state index contributed by atoms with van der Waals surface area (Å²) in [5.74, 6) is 0. The molecule has 0 saturated carbocycles. The Bertz CT molecular complexity index is 113. The normalized spacial score (nSPS) is 20.7. The zero-order valence-corrected chi connectivity index (χ0v) is 7.71. The van der Waals surface area contributed by atoms with Crippen molar-refractivity contribution in [2.45, 2.75) is 6.04 Å². The first-order valence-corrected chi connectivity index (χ1v) is 4.11. The van der Waals surface area contributed by atoms with Crippen molar-refractivity contribution in [2.75, 3.05) is 47.4 Å². The minimum Gasteiger partial charge on any atom is -0.383 e. The van der Waals surface area contributed by atoms with Crippen molar-refractivity contribution in [2.24, 2.45) is 0 Å². The van der Waals surface area contributed by atoms with Crippen molar-refractivity contribution in [1.29, 1.82) is 0 Å². The number of ether oxygens (including phenoxy) is 1. The van der Waals surface area contributed by atoms with Crippen LogP contribution in [-0.2, 0) is 4.74 Å². The van der Waals surface area contributed by atoms with Crippen LogP contribution in [0, 0.1) is 0 Å². The first kappa shape index (κ1) is 8.97. The summed E-state index contributed by atoms with van der Waals surface area (Å²) in [6.45, 7) is 4.31. The molecule has 0 bridgehead atoms. The highest BCUT2D eigenvalue weighted by Crippen LogP contribution is 2.09. The van der Waals surface area contributed by atoms with Crippen molar-refractivity contribution in [3.63, 3.8) is 0 Å². The number of likely N-dealkylation sites (N-methyl/N-ethyl adjacent to an activating group) is 2. The molecule has 0 aliphatic carbocycles. The molecule has 0 amide bonds. The monoisotopic (exact) mass is 158 g/mol. The highest BCUT2D eigenvalue weighted by Gasteiger charge is 2.26. The Labute approximate surface area is 68.9 Å². The molecule has 1 rings (SSSR count). The van der Waals surface area contributed by atoms with Crippen molar-refractivity contribution in [3.8, 4) is 0 Å². The molecule has 1 aliphatic heterocycles. The molecule has 0 unspecified atom stereocenters. The number of methoxy groups -OCH3 is 1. The summed E-state index contributed by atoms with van der Waals surface area (Å²) in [4.78, 5) is 4.69. The Morgan fingerprint density at radius 2 is 2.18 bits per heavy atom. The van der Waals surface area contributed by atoms with E-state index >= 15 is 0 Å². The number of likely N-dealkylation sites (tertiary alicyclic amines) is 1. The number of nitrogens with zero attached hydrogens (tertiary/aromatic N) is 2. The zero-order chi connectivity index (χ0) is 8.27. The quantitative estimate of drug-likeness (QED) is 0.567. The molecule has 0 radical (unpaired) electrons. The van der Waals surface area contributed by atoms with Gasteiger partial charge in [0.1, 0.15) is 0 Å². The summed E-state index contributed by atoms with van der Waals surface area (Å²) in [7, 11) is 6.07. The van der Waals surface area contributed by atoms with Gasteiger partial charge in [0.15, 0.2) is 0 Å². The molecule has 0 aromatic carbocycles. The Hall–Kier alpha value is -0.120. The van der Waals surface area contributed by atoms with Gasteiger partial charge in [-0.05, 0) is 14.1 Å². The molecule has 11 heavy (non-hydrogen) atoms. The predicted octanol–water partition coefficient (Wildman–Crippen LogP) is -0.121. The maximum atomic E-state index is 5.00. The summed E-state index contributed by atoms with van der Waals surface area (Å²) in [5.41, 5.74) is 0.